The lowest BCUT2D eigenvalue weighted by atomic mass is 9.93. The molecular formula is C20H24ClN3OS. The molecule has 2 aliphatic rings. The van der Waals surface area contributed by atoms with Gasteiger partial charge in [-0.15, -0.1) is 23.7 Å². The van der Waals surface area contributed by atoms with Crippen LogP contribution in [0.25, 0.3) is 11.0 Å². The smallest absolute Gasteiger partial charge is 0.134 e. The van der Waals surface area contributed by atoms with E-state index >= 15 is 0 Å². The summed E-state index contributed by atoms with van der Waals surface area (Å²) in [6, 6.07) is 11.1. The largest absolute Gasteiger partial charge is 0.460 e. The van der Waals surface area contributed by atoms with Crippen molar-refractivity contribution in [2.24, 2.45) is 5.41 Å². The molecule has 1 unspecified atom stereocenters. The average molecular weight is 390 g/mol. The summed E-state index contributed by atoms with van der Waals surface area (Å²) < 4.78 is 6.10. The van der Waals surface area contributed by atoms with E-state index in [-0.39, 0.29) is 12.4 Å². The third-order valence-corrected chi connectivity index (χ3v) is 6.61. The van der Waals surface area contributed by atoms with Crippen molar-refractivity contribution in [3.63, 3.8) is 0 Å². The number of thiazole rings is 1. The van der Waals surface area contributed by atoms with E-state index in [1.165, 1.54) is 29.7 Å². The van der Waals surface area contributed by atoms with Crippen LogP contribution in [-0.4, -0.2) is 29.0 Å². The lowest BCUT2D eigenvalue weighted by Gasteiger charge is -2.28. The zero-order valence-corrected chi connectivity index (χ0v) is 16.3. The van der Waals surface area contributed by atoms with E-state index in [1.54, 1.807) is 11.3 Å². The van der Waals surface area contributed by atoms with Crippen LogP contribution in [0.5, 0.6) is 0 Å². The normalized spacial score (nSPS) is 21.2. The maximum Gasteiger partial charge on any atom is 0.134 e. The highest BCUT2D eigenvalue weighted by atomic mass is 35.5. The SMILES string of the molecule is Cl.c1ccc2oc(CN(Cc3nccs3)C3CC34CCNCC4)cc2c1. The fourth-order valence-corrected chi connectivity index (χ4v) is 5.04. The Morgan fingerprint density at radius 3 is 2.85 bits per heavy atom. The molecule has 2 aromatic heterocycles. The van der Waals surface area contributed by atoms with Crippen molar-refractivity contribution in [3.8, 4) is 0 Å². The molecule has 1 saturated heterocycles. The first-order valence-electron chi connectivity index (χ1n) is 9.13. The minimum Gasteiger partial charge on any atom is -0.460 e. The molecule has 1 aliphatic carbocycles. The van der Waals surface area contributed by atoms with Gasteiger partial charge in [-0.05, 0) is 49.9 Å². The van der Waals surface area contributed by atoms with Crippen LogP contribution in [0.2, 0.25) is 0 Å². The number of nitrogens with zero attached hydrogens (tertiary/aromatic N) is 2. The highest BCUT2D eigenvalue weighted by Crippen LogP contribution is 2.56. The fraction of sp³-hybridized carbons (Fsp3) is 0.450. The van der Waals surface area contributed by atoms with E-state index in [9.17, 15) is 0 Å². The molecule has 5 rings (SSSR count). The van der Waals surface area contributed by atoms with E-state index in [4.69, 9.17) is 4.42 Å². The Morgan fingerprint density at radius 1 is 1.23 bits per heavy atom. The molecule has 1 saturated carbocycles. The van der Waals surface area contributed by atoms with E-state index in [0.717, 1.165) is 37.5 Å². The standard InChI is InChI=1S/C20H23N3OS.ClH/c1-2-4-17-15(3-1)11-16(24-17)13-23(14-19-22-9-10-25-19)18-12-20(18)5-7-21-8-6-20;/h1-4,9-11,18,21H,5-8,12-14H2;1H. The second-order valence-corrected chi connectivity index (χ2v) is 8.39. The Kier molecular flexibility index (Phi) is 5.06. The van der Waals surface area contributed by atoms with Gasteiger partial charge >= 0.3 is 0 Å². The van der Waals surface area contributed by atoms with Gasteiger partial charge in [0, 0.05) is 23.0 Å². The van der Waals surface area contributed by atoms with Gasteiger partial charge in [-0.1, -0.05) is 18.2 Å². The summed E-state index contributed by atoms with van der Waals surface area (Å²) >= 11 is 1.75. The van der Waals surface area contributed by atoms with Gasteiger partial charge in [0.2, 0.25) is 0 Å². The van der Waals surface area contributed by atoms with Gasteiger partial charge in [0.05, 0.1) is 13.1 Å². The van der Waals surface area contributed by atoms with Gasteiger partial charge in [0.25, 0.3) is 0 Å². The molecule has 2 fully saturated rings. The van der Waals surface area contributed by atoms with Gasteiger partial charge in [0.15, 0.2) is 0 Å². The Morgan fingerprint density at radius 2 is 2.08 bits per heavy atom. The molecule has 6 heteroatoms. The summed E-state index contributed by atoms with van der Waals surface area (Å²) in [6.45, 7) is 4.11. The Balaban J connectivity index is 0.00000168. The monoisotopic (exact) mass is 389 g/mol. The molecule has 0 amide bonds. The van der Waals surface area contributed by atoms with Gasteiger partial charge in [-0.25, -0.2) is 4.98 Å². The molecule has 1 aliphatic heterocycles. The maximum atomic E-state index is 6.10. The zero-order chi connectivity index (χ0) is 16.7. The summed E-state index contributed by atoms with van der Waals surface area (Å²) in [5.41, 5.74) is 1.51. The van der Waals surface area contributed by atoms with Crippen LogP contribution in [-0.2, 0) is 13.1 Å². The summed E-state index contributed by atoms with van der Waals surface area (Å²) in [5, 5.41) is 7.97. The molecular weight excluding hydrogens is 366 g/mol. The molecule has 0 bridgehead atoms. The average Bonchev–Trinajstić information content (AvgIpc) is 3.02. The first-order valence-corrected chi connectivity index (χ1v) is 10.0. The predicted molar refractivity (Wildman–Crippen MR) is 108 cm³/mol. The molecule has 1 atom stereocenters. The topological polar surface area (TPSA) is 41.3 Å². The lowest BCUT2D eigenvalue weighted by molar-refractivity contribution is 0.177. The van der Waals surface area contributed by atoms with Crippen molar-refractivity contribution in [2.75, 3.05) is 13.1 Å². The van der Waals surface area contributed by atoms with E-state index < -0.39 is 0 Å². The summed E-state index contributed by atoms with van der Waals surface area (Å²) in [6.07, 6.45) is 5.82. The molecule has 1 spiro atoms. The van der Waals surface area contributed by atoms with Gasteiger partial charge in [-0.3, -0.25) is 4.90 Å². The van der Waals surface area contributed by atoms with Crippen LogP contribution in [0.1, 0.15) is 30.0 Å². The van der Waals surface area contributed by atoms with Crippen LogP contribution >= 0.6 is 23.7 Å². The summed E-state index contributed by atoms with van der Waals surface area (Å²) in [7, 11) is 0. The van der Waals surface area contributed by atoms with Crippen molar-refractivity contribution in [3.05, 3.63) is 52.7 Å². The number of aromatic nitrogens is 1. The molecule has 3 aromatic rings. The number of halogens is 1. The Bertz CT molecular complexity index is 824. The van der Waals surface area contributed by atoms with E-state index in [0.29, 0.717) is 11.5 Å². The van der Waals surface area contributed by atoms with Crippen LogP contribution in [0.3, 0.4) is 0 Å². The van der Waals surface area contributed by atoms with Gasteiger partial charge < -0.3 is 9.73 Å². The van der Waals surface area contributed by atoms with Crippen molar-refractivity contribution < 1.29 is 4.42 Å². The number of rotatable bonds is 5. The highest BCUT2D eigenvalue weighted by molar-refractivity contribution is 7.09. The quantitative estimate of drug-likeness (QED) is 0.699. The molecule has 1 aromatic carbocycles. The molecule has 26 heavy (non-hydrogen) atoms. The van der Waals surface area contributed by atoms with Crippen LogP contribution < -0.4 is 5.32 Å². The van der Waals surface area contributed by atoms with Crippen LogP contribution in [0, 0.1) is 5.41 Å². The van der Waals surface area contributed by atoms with E-state index in [2.05, 4.69) is 44.8 Å². The second kappa shape index (κ2) is 7.31. The number of benzene rings is 1. The van der Waals surface area contributed by atoms with E-state index in [1.807, 2.05) is 12.3 Å². The lowest BCUT2D eigenvalue weighted by Crippen LogP contribution is -2.35. The Hall–Kier alpha value is -1.40. The Labute approximate surface area is 164 Å². The first-order chi connectivity index (χ1) is 12.3. The highest BCUT2D eigenvalue weighted by Gasteiger charge is 2.56. The maximum absolute atomic E-state index is 6.10. The summed E-state index contributed by atoms with van der Waals surface area (Å²) in [5.74, 6) is 1.06. The number of para-hydroxylation sites is 1. The summed E-state index contributed by atoms with van der Waals surface area (Å²) in [4.78, 5) is 7.12. The van der Waals surface area contributed by atoms with Crippen molar-refractivity contribution in [1.82, 2.24) is 15.2 Å². The number of nitrogens with one attached hydrogen (secondary N) is 1. The number of hydrogen-bond donors (Lipinski definition) is 1. The third-order valence-electron chi connectivity index (χ3n) is 5.84. The van der Waals surface area contributed by atoms with Crippen molar-refractivity contribution in [1.29, 1.82) is 0 Å². The molecule has 0 radical (unpaired) electrons. The number of furan rings is 1. The van der Waals surface area contributed by atoms with Gasteiger partial charge in [0.1, 0.15) is 16.4 Å². The van der Waals surface area contributed by atoms with Crippen LogP contribution in [0.15, 0.2) is 46.3 Å². The number of piperidine rings is 1. The first kappa shape index (κ1) is 18.0. The van der Waals surface area contributed by atoms with Crippen molar-refractivity contribution >= 4 is 34.7 Å². The molecule has 138 valence electrons. The minimum atomic E-state index is 0. The molecule has 3 heterocycles. The van der Waals surface area contributed by atoms with Crippen molar-refractivity contribution in [2.45, 2.75) is 38.4 Å². The predicted octanol–water partition coefficient (Wildman–Crippen LogP) is 4.46. The zero-order valence-electron chi connectivity index (χ0n) is 14.7. The molecule has 1 N–H and O–H groups in total. The van der Waals surface area contributed by atoms with Gasteiger partial charge in [-0.2, -0.15) is 0 Å². The minimum absolute atomic E-state index is 0. The van der Waals surface area contributed by atoms with Crippen LogP contribution in [0.4, 0.5) is 0 Å². The number of fused-ring (bicyclic) bond motifs is 1. The second-order valence-electron chi connectivity index (χ2n) is 7.41. The number of hydrogen-bond acceptors (Lipinski definition) is 5. The fourth-order valence-electron chi connectivity index (χ4n) is 4.40. The third kappa shape index (κ3) is 3.41. The molecule has 4 nitrogen and oxygen atoms in total.